The summed E-state index contributed by atoms with van der Waals surface area (Å²) in [5.74, 6) is 0.832. The summed E-state index contributed by atoms with van der Waals surface area (Å²) in [6.45, 7) is 0. The van der Waals surface area contributed by atoms with E-state index in [4.69, 9.17) is 32.7 Å². The first-order valence-corrected chi connectivity index (χ1v) is 8.31. The molecule has 0 atom stereocenters. The molecule has 2 aromatic rings. The molecule has 0 unspecified atom stereocenters. The minimum absolute atomic E-state index is 0.0683. The van der Waals surface area contributed by atoms with E-state index in [9.17, 15) is 8.42 Å². The maximum Gasteiger partial charge on any atom is 0.263 e. The van der Waals surface area contributed by atoms with Crippen LogP contribution in [0.3, 0.4) is 0 Å². The molecule has 0 spiro atoms. The summed E-state index contributed by atoms with van der Waals surface area (Å²) >= 11 is 11.8. The van der Waals surface area contributed by atoms with Crippen LogP contribution in [0.5, 0.6) is 11.5 Å². The molecule has 0 amide bonds. The number of methoxy groups -OCH3 is 2. The second kappa shape index (κ2) is 6.64. The number of hydrogen-bond acceptors (Lipinski definition) is 4. The van der Waals surface area contributed by atoms with E-state index in [1.807, 2.05) is 0 Å². The highest BCUT2D eigenvalue weighted by Crippen LogP contribution is 2.32. The smallest absolute Gasteiger partial charge is 0.263 e. The second-order valence-corrected chi connectivity index (χ2v) is 6.74. The van der Waals surface area contributed by atoms with Gasteiger partial charge < -0.3 is 9.47 Å². The minimum Gasteiger partial charge on any atom is -0.497 e. The zero-order chi connectivity index (χ0) is 16.3. The average molecular weight is 362 g/mol. The first-order valence-electron chi connectivity index (χ1n) is 6.07. The van der Waals surface area contributed by atoms with Crippen molar-refractivity contribution < 1.29 is 17.9 Å². The van der Waals surface area contributed by atoms with Gasteiger partial charge in [0.05, 0.1) is 24.9 Å². The number of nitrogens with one attached hydrogen (secondary N) is 1. The van der Waals surface area contributed by atoms with E-state index in [0.717, 1.165) is 0 Å². The van der Waals surface area contributed by atoms with Crippen molar-refractivity contribution in [2.24, 2.45) is 0 Å². The third kappa shape index (κ3) is 3.58. The molecule has 118 valence electrons. The molecule has 0 bridgehead atoms. The number of benzene rings is 2. The fraction of sp³-hybridized carbons (Fsp3) is 0.143. The molecular formula is C14H13Cl2NO4S. The van der Waals surface area contributed by atoms with Gasteiger partial charge in [0.25, 0.3) is 10.0 Å². The molecule has 1 N–H and O–H groups in total. The van der Waals surface area contributed by atoms with E-state index < -0.39 is 10.0 Å². The van der Waals surface area contributed by atoms with Crippen molar-refractivity contribution in [3.8, 4) is 11.5 Å². The Morgan fingerprint density at radius 1 is 1.00 bits per heavy atom. The highest BCUT2D eigenvalue weighted by atomic mass is 35.5. The fourth-order valence-electron chi connectivity index (χ4n) is 1.78. The van der Waals surface area contributed by atoms with Crippen LogP contribution in [0, 0.1) is 0 Å². The lowest BCUT2D eigenvalue weighted by atomic mass is 10.3. The number of hydrogen-bond donors (Lipinski definition) is 1. The van der Waals surface area contributed by atoms with E-state index in [2.05, 4.69) is 4.72 Å². The van der Waals surface area contributed by atoms with Crippen LogP contribution in [0.25, 0.3) is 0 Å². The monoisotopic (exact) mass is 361 g/mol. The number of anilines is 1. The van der Waals surface area contributed by atoms with Crippen LogP contribution in [0.4, 0.5) is 5.69 Å². The van der Waals surface area contributed by atoms with Crippen LogP contribution in [0.1, 0.15) is 0 Å². The van der Waals surface area contributed by atoms with Crippen molar-refractivity contribution >= 4 is 38.9 Å². The topological polar surface area (TPSA) is 64.6 Å². The van der Waals surface area contributed by atoms with Gasteiger partial charge in [0.1, 0.15) is 16.4 Å². The molecule has 22 heavy (non-hydrogen) atoms. The Hall–Kier alpha value is -1.63. The normalized spacial score (nSPS) is 11.1. The molecule has 0 fully saturated rings. The van der Waals surface area contributed by atoms with Gasteiger partial charge in [-0.15, -0.1) is 0 Å². The zero-order valence-corrected chi connectivity index (χ0v) is 14.1. The average Bonchev–Trinajstić information content (AvgIpc) is 2.49. The first kappa shape index (κ1) is 16.7. The number of sulfonamides is 1. The SMILES string of the molecule is COc1ccc(OC)c(NS(=O)(=O)c2cc(Cl)ccc2Cl)c1. The van der Waals surface area contributed by atoms with Gasteiger partial charge >= 0.3 is 0 Å². The minimum atomic E-state index is -3.93. The summed E-state index contributed by atoms with van der Waals surface area (Å²) in [5, 5.41) is 0.334. The molecule has 0 saturated heterocycles. The van der Waals surface area contributed by atoms with E-state index in [1.54, 1.807) is 12.1 Å². The Morgan fingerprint density at radius 2 is 1.73 bits per heavy atom. The summed E-state index contributed by atoms with van der Waals surface area (Å²) in [5.41, 5.74) is 0.234. The van der Waals surface area contributed by atoms with Crippen LogP contribution < -0.4 is 14.2 Å². The Kier molecular flexibility index (Phi) is 5.05. The van der Waals surface area contributed by atoms with Crippen LogP contribution in [-0.4, -0.2) is 22.6 Å². The summed E-state index contributed by atoms with van der Waals surface area (Å²) in [6, 6.07) is 8.96. The summed E-state index contributed by atoms with van der Waals surface area (Å²) in [7, 11) is -1.01. The van der Waals surface area contributed by atoms with Gasteiger partial charge in [0.15, 0.2) is 0 Å². The van der Waals surface area contributed by atoms with Crippen molar-refractivity contribution in [3.63, 3.8) is 0 Å². The third-order valence-corrected chi connectivity index (χ3v) is 4.92. The van der Waals surface area contributed by atoms with Gasteiger partial charge in [-0.1, -0.05) is 23.2 Å². The molecule has 0 radical (unpaired) electrons. The largest absolute Gasteiger partial charge is 0.497 e. The number of halogens is 2. The second-order valence-electron chi connectivity index (χ2n) is 4.25. The summed E-state index contributed by atoms with van der Waals surface area (Å²) in [6.07, 6.45) is 0. The summed E-state index contributed by atoms with van der Waals surface area (Å²) in [4.78, 5) is -0.119. The molecule has 0 aliphatic heterocycles. The maximum atomic E-state index is 12.5. The van der Waals surface area contributed by atoms with Gasteiger partial charge in [-0.25, -0.2) is 8.42 Å². The number of rotatable bonds is 5. The van der Waals surface area contributed by atoms with E-state index >= 15 is 0 Å². The predicted octanol–water partition coefficient (Wildman–Crippen LogP) is 3.81. The Morgan fingerprint density at radius 3 is 2.36 bits per heavy atom. The molecule has 0 saturated carbocycles. The van der Waals surface area contributed by atoms with Crippen molar-refractivity contribution in [3.05, 3.63) is 46.4 Å². The quantitative estimate of drug-likeness (QED) is 0.879. The van der Waals surface area contributed by atoms with Crippen LogP contribution in [0.15, 0.2) is 41.3 Å². The lowest BCUT2D eigenvalue weighted by Crippen LogP contribution is -2.14. The van der Waals surface area contributed by atoms with Crippen LogP contribution in [-0.2, 0) is 10.0 Å². The maximum absolute atomic E-state index is 12.5. The van der Waals surface area contributed by atoms with Gasteiger partial charge in [-0.2, -0.15) is 0 Å². The molecule has 5 nitrogen and oxygen atoms in total. The molecule has 0 heterocycles. The Balaban J connectivity index is 2.46. The first-order chi connectivity index (χ1) is 10.4. The van der Waals surface area contributed by atoms with E-state index in [0.29, 0.717) is 11.5 Å². The van der Waals surface area contributed by atoms with Crippen LogP contribution in [0.2, 0.25) is 10.0 Å². The molecule has 2 aromatic carbocycles. The molecule has 0 aliphatic carbocycles. The van der Waals surface area contributed by atoms with Crippen molar-refractivity contribution in [2.75, 3.05) is 18.9 Å². The van der Waals surface area contributed by atoms with Crippen molar-refractivity contribution in [1.82, 2.24) is 0 Å². The van der Waals surface area contributed by atoms with Gasteiger partial charge in [0, 0.05) is 11.1 Å². The van der Waals surface area contributed by atoms with Crippen molar-refractivity contribution in [1.29, 1.82) is 0 Å². The Bertz CT molecular complexity index is 793. The van der Waals surface area contributed by atoms with E-state index in [1.165, 1.54) is 38.5 Å². The van der Waals surface area contributed by atoms with Crippen molar-refractivity contribution in [2.45, 2.75) is 4.90 Å². The lowest BCUT2D eigenvalue weighted by molar-refractivity contribution is 0.405. The van der Waals surface area contributed by atoms with E-state index in [-0.39, 0.29) is 20.6 Å². The molecule has 0 aliphatic rings. The number of ether oxygens (including phenoxy) is 2. The molecule has 0 aromatic heterocycles. The lowest BCUT2D eigenvalue weighted by Gasteiger charge is -2.14. The highest BCUT2D eigenvalue weighted by molar-refractivity contribution is 7.92. The standard InChI is InChI=1S/C14H13Cl2NO4S/c1-20-10-4-6-13(21-2)12(8-10)17-22(18,19)14-7-9(15)3-5-11(14)16/h3-8,17H,1-2H3. The zero-order valence-electron chi connectivity index (χ0n) is 11.8. The van der Waals surface area contributed by atoms with Crippen LogP contribution >= 0.6 is 23.2 Å². The predicted molar refractivity (Wildman–Crippen MR) is 86.8 cm³/mol. The molecule has 2 rings (SSSR count). The molecular weight excluding hydrogens is 349 g/mol. The fourth-order valence-corrected chi connectivity index (χ4v) is 3.60. The van der Waals surface area contributed by atoms with Gasteiger partial charge in [-0.05, 0) is 30.3 Å². The van der Waals surface area contributed by atoms with Gasteiger partial charge in [-0.3, -0.25) is 4.72 Å². The summed E-state index contributed by atoms with van der Waals surface area (Å²) < 4.78 is 37.6. The Labute approximate surface area is 138 Å². The van der Waals surface area contributed by atoms with Gasteiger partial charge in [0.2, 0.25) is 0 Å². The highest BCUT2D eigenvalue weighted by Gasteiger charge is 2.20. The molecule has 8 heteroatoms. The third-order valence-electron chi connectivity index (χ3n) is 2.83.